The van der Waals surface area contributed by atoms with Crippen molar-refractivity contribution in [2.75, 3.05) is 14.1 Å². The highest BCUT2D eigenvalue weighted by molar-refractivity contribution is 5.31. The minimum atomic E-state index is 0.836. The number of aryl methyl sites for hydroxylation is 2. The Morgan fingerprint density at radius 2 is 0.704 bits per heavy atom. The third-order valence-corrected chi connectivity index (χ3v) is 12.2. The molecule has 0 amide bonds. The maximum atomic E-state index is 4.69. The highest BCUT2D eigenvalue weighted by atomic mass is 15.0. The van der Waals surface area contributed by atoms with Crippen LogP contribution in [-0.4, -0.2) is 19.0 Å². The molecule has 0 bridgehead atoms. The van der Waals surface area contributed by atoms with E-state index in [1.54, 1.807) is 0 Å². The fourth-order valence-corrected chi connectivity index (χ4v) is 8.80. The number of hydrogen-bond acceptors (Lipinski definition) is 1. The van der Waals surface area contributed by atoms with E-state index < -0.39 is 0 Å². The van der Waals surface area contributed by atoms with Gasteiger partial charge in [0.25, 0.3) is 0 Å². The maximum Gasteiger partial charge on any atom is 0.0227 e. The molecule has 0 heterocycles. The van der Waals surface area contributed by atoms with Gasteiger partial charge < -0.3 is 4.90 Å². The fourth-order valence-electron chi connectivity index (χ4n) is 8.80. The van der Waals surface area contributed by atoms with Crippen molar-refractivity contribution in [3.8, 4) is 0 Å². The first kappa shape index (κ1) is 50.7. The van der Waals surface area contributed by atoms with Gasteiger partial charge in [0.2, 0.25) is 0 Å². The standard InChI is InChI=1S/C53H97N/c1-9-13-17-21-25-29-33-49(34-30-26-22-18-14-10-2)41-47(5)37-39-51-43-52(45-53(44-51)46-54(7)8)40-38-48(6)42-50(35-31-27-23-19-15-11-3)36-32-28-24-20-16-12-4/h43-45,49-50H,5-6,9-42,46H2,1-4,7-8H3. The zero-order valence-corrected chi connectivity index (χ0v) is 38.0. The smallest absolute Gasteiger partial charge is 0.0227 e. The van der Waals surface area contributed by atoms with Gasteiger partial charge >= 0.3 is 0 Å². The molecular formula is C53H97N. The van der Waals surface area contributed by atoms with Crippen LogP contribution in [0.1, 0.15) is 250 Å². The molecule has 314 valence electrons. The van der Waals surface area contributed by atoms with E-state index in [2.05, 4.69) is 78.0 Å². The zero-order chi connectivity index (χ0) is 39.5. The van der Waals surface area contributed by atoms with Gasteiger partial charge in [-0.05, 0) is 81.1 Å². The predicted octanol–water partition coefficient (Wildman–Crippen LogP) is 17.7. The monoisotopic (exact) mass is 748 g/mol. The molecule has 1 nitrogen and oxygen atoms in total. The number of benzene rings is 1. The summed E-state index contributed by atoms with van der Waals surface area (Å²) < 4.78 is 0. The molecule has 1 rings (SSSR count). The number of allylic oxidation sites excluding steroid dienone is 2. The van der Waals surface area contributed by atoms with E-state index in [9.17, 15) is 0 Å². The molecule has 0 aromatic heterocycles. The molecular weight excluding hydrogens is 651 g/mol. The summed E-state index contributed by atoms with van der Waals surface area (Å²) in [5, 5.41) is 0. The molecule has 0 saturated carbocycles. The Hall–Kier alpha value is -1.34. The first-order chi connectivity index (χ1) is 26.3. The molecule has 0 fully saturated rings. The average molecular weight is 748 g/mol. The molecule has 0 saturated heterocycles. The van der Waals surface area contributed by atoms with Gasteiger partial charge in [0, 0.05) is 6.54 Å². The van der Waals surface area contributed by atoms with Gasteiger partial charge in [-0.2, -0.15) is 0 Å². The maximum absolute atomic E-state index is 4.69. The second-order valence-electron chi connectivity index (χ2n) is 18.3. The molecule has 0 unspecified atom stereocenters. The SMILES string of the molecule is C=C(CCc1cc(CCC(=C)CC(CCCCCCCC)CCCCCCCC)cc(CN(C)C)c1)CC(CCCCCCCC)CCCCCCCC. The van der Waals surface area contributed by atoms with Crippen LogP contribution in [0.25, 0.3) is 0 Å². The summed E-state index contributed by atoms with van der Waals surface area (Å²) in [5.74, 6) is 1.67. The average Bonchev–Trinajstić information content (AvgIpc) is 3.14. The third-order valence-electron chi connectivity index (χ3n) is 12.2. The van der Waals surface area contributed by atoms with Crippen LogP contribution in [-0.2, 0) is 19.4 Å². The lowest BCUT2D eigenvalue weighted by Crippen LogP contribution is -2.11. The van der Waals surface area contributed by atoms with Gasteiger partial charge in [-0.25, -0.2) is 0 Å². The van der Waals surface area contributed by atoms with Crippen molar-refractivity contribution in [3.63, 3.8) is 0 Å². The summed E-state index contributed by atoms with van der Waals surface area (Å²) in [7, 11) is 4.41. The molecule has 0 atom stereocenters. The van der Waals surface area contributed by atoms with Crippen molar-refractivity contribution in [2.45, 2.75) is 253 Å². The van der Waals surface area contributed by atoms with Crippen LogP contribution in [0, 0.1) is 11.8 Å². The van der Waals surface area contributed by atoms with E-state index in [0.29, 0.717) is 0 Å². The van der Waals surface area contributed by atoms with Crippen LogP contribution in [0.3, 0.4) is 0 Å². The van der Waals surface area contributed by atoms with E-state index in [0.717, 1.165) is 44.1 Å². The van der Waals surface area contributed by atoms with E-state index in [1.165, 1.54) is 220 Å². The lowest BCUT2D eigenvalue weighted by Gasteiger charge is -2.20. The highest BCUT2D eigenvalue weighted by Crippen LogP contribution is 2.29. The summed E-state index contributed by atoms with van der Waals surface area (Å²) in [6.45, 7) is 19.7. The van der Waals surface area contributed by atoms with Gasteiger partial charge in [0.15, 0.2) is 0 Å². The lowest BCUT2D eigenvalue weighted by atomic mass is 9.86. The van der Waals surface area contributed by atoms with Crippen molar-refractivity contribution in [3.05, 3.63) is 59.2 Å². The molecule has 1 aromatic rings. The number of unbranched alkanes of at least 4 members (excludes halogenated alkanes) is 20. The summed E-state index contributed by atoms with van der Waals surface area (Å²) in [6.07, 6.45) is 46.4. The second-order valence-corrected chi connectivity index (χ2v) is 18.3. The van der Waals surface area contributed by atoms with Crippen molar-refractivity contribution >= 4 is 0 Å². The molecule has 0 radical (unpaired) electrons. The molecule has 1 aromatic carbocycles. The molecule has 0 aliphatic carbocycles. The van der Waals surface area contributed by atoms with Crippen molar-refractivity contribution in [1.82, 2.24) is 4.90 Å². The first-order valence-corrected chi connectivity index (χ1v) is 24.4. The molecule has 54 heavy (non-hydrogen) atoms. The predicted molar refractivity (Wildman–Crippen MR) is 247 cm³/mol. The topological polar surface area (TPSA) is 3.24 Å². The van der Waals surface area contributed by atoms with Crippen molar-refractivity contribution < 1.29 is 0 Å². The Labute approximate surface area is 341 Å². The Kier molecular flexibility index (Phi) is 33.8. The lowest BCUT2D eigenvalue weighted by molar-refractivity contribution is 0.396. The normalized spacial score (nSPS) is 11.8. The fraction of sp³-hybridized carbons (Fsp3) is 0.811. The molecule has 1 heteroatoms. The number of nitrogens with zero attached hydrogens (tertiary/aromatic N) is 1. The van der Waals surface area contributed by atoms with Crippen LogP contribution in [0.5, 0.6) is 0 Å². The summed E-state index contributed by atoms with van der Waals surface area (Å²) in [5.41, 5.74) is 7.49. The minimum absolute atomic E-state index is 0.836. The summed E-state index contributed by atoms with van der Waals surface area (Å²) in [6, 6.07) is 7.52. The molecule has 0 N–H and O–H groups in total. The van der Waals surface area contributed by atoms with E-state index in [-0.39, 0.29) is 0 Å². The zero-order valence-electron chi connectivity index (χ0n) is 38.0. The van der Waals surface area contributed by atoms with E-state index in [1.807, 2.05) is 0 Å². The Balaban J connectivity index is 2.78. The van der Waals surface area contributed by atoms with Crippen LogP contribution < -0.4 is 0 Å². The van der Waals surface area contributed by atoms with E-state index >= 15 is 0 Å². The van der Waals surface area contributed by atoms with Crippen molar-refractivity contribution in [1.29, 1.82) is 0 Å². The van der Waals surface area contributed by atoms with E-state index in [4.69, 9.17) is 0 Å². The Morgan fingerprint density at radius 3 is 1.00 bits per heavy atom. The van der Waals surface area contributed by atoms with Crippen LogP contribution in [0.15, 0.2) is 42.5 Å². The quantitative estimate of drug-likeness (QED) is 0.0477. The summed E-state index contributed by atoms with van der Waals surface area (Å²) in [4.78, 5) is 2.32. The van der Waals surface area contributed by atoms with Gasteiger partial charge in [-0.1, -0.05) is 250 Å². The second kappa shape index (κ2) is 36.0. The van der Waals surface area contributed by atoms with Crippen LogP contribution in [0.4, 0.5) is 0 Å². The first-order valence-electron chi connectivity index (χ1n) is 24.4. The highest BCUT2D eigenvalue weighted by Gasteiger charge is 2.14. The molecule has 0 spiro atoms. The number of hydrogen-bond donors (Lipinski definition) is 0. The van der Waals surface area contributed by atoms with Gasteiger partial charge in [-0.3, -0.25) is 0 Å². The van der Waals surface area contributed by atoms with Gasteiger partial charge in [0.05, 0.1) is 0 Å². The molecule has 0 aliphatic heterocycles. The Bertz CT molecular complexity index is 898. The van der Waals surface area contributed by atoms with Crippen LogP contribution >= 0.6 is 0 Å². The van der Waals surface area contributed by atoms with Gasteiger partial charge in [-0.15, -0.1) is 0 Å². The Morgan fingerprint density at radius 1 is 0.426 bits per heavy atom. The van der Waals surface area contributed by atoms with Crippen LogP contribution in [0.2, 0.25) is 0 Å². The summed E-state index contributed by atoms with van der Waals surface area (Å²) >= 11 is 0. The minimum Gasteiger partial charge on any atom is -0.305 e. The van der Waals surface area contributed by atoms with Gasteiger partial charge in [0.1, 0.15) is 0 Å². The third kappa shape index (κ3) is 29.9. The molecule has 0 aliphatic rings. The number of rotatable bonds is 40. The largest absolute Gasteiger partial charge is 0.305 e. The van der Waals surface area contributed by atoms with Crippen molar-refractivity contribution in [2.24, 2.45) is 11.8 Å².